The highest BCUT2D eigenvalue weighted by Gasteiger charge is 2.58. The van der Waals surface area contributed by atoms with E-state index in [0.29, 0.717) is 0 Å². The van der Waals surface area contributed by atoms with Crippen molar-refractivity contribution < 1.29 is 29.2 Å². The topological polar surface area (TPSA) is 85.2 Å². The van der Waals surface area contributed by atoms with E-state index in [4.69, 9.17) is 9.47 Å². The maximum absolute atomic E-state index is 11.7. The van der Waals surface area contributed by atoms with Gasteiger partial charge in [0.1, 0.15) is 6.10 Å². The Labute approximate surface area is 118 Å². The van der Waals surface area contributed by atoms with Crippen LogP contribution in [0.5, 0.6) is 0 Å². The molecule has 4 unspecified atom stereocenters. The molecule has 114 valence electrons. The molecular formula is C14H22O6. The number of aliphatic hydroxyl groups excluding tert-OH is 1. The average molecular weight is 286 g/mol. The Balaban J connectivity index is 1.77. The van der Waals surface area contributed by atoms with E-state index in [2.05, 4.69) is 4.74 Å². The van der Waals surface area contributed by atoms with Crippen LogP contribution in [0.2, 0.25) is 0 Å². The molecule has 3 fully saturated rings. The van der Waals surface area contributed by atoms with Gasteiger partial charge in [-0.1, -0.05) is 6.42 Å². The van der Waals surface area contributed by atoms with Gasteiger partial charge in [-0.2, -0.15) is 0 Å². The highest BCUT2D eigenvalue weighted by atomic mass is 16.8. The van der Waals surface area contributed by atoms with Crippen LogP contribution in [0.1, 0.15) is 44.9 Å². The van der Waals surface area contributed by atoms with Gasteiger partial charge in [-0.15, -0.1) is 0 Å². The molecule has 1 saturated heterocycles. The van der Waals surface area contributed by atoms with Crippen LogP contribution >= 0.6 is 0 Å². The second-order valence-electron chi connectivity index (χ2n) is 6.21. The standard InChI is InChI=1S/C14H22O6/c1-18-12(16)13(17)7-9(15)11-10(8-13)19-14(20-11)5-3-2-4-6-14/h9-11,15,17H,2-8H2,1H3. The van der Waals surface area contributed by atoms with Gasteiger partial charge in [0.15, 0.2) is 11.4 Å². The van der Waals surface area contributed by atoms with Gasteiger partial charge in [0.25, 0.3) is 0 Å². The Morgan fingerprint density at radius 3 is 2.55 bits per heavy atom. The Bertz CT molecular complexity index is 391. The van der Waals surface area contributed by atoms with Crippen molar-refractivity contribution in [3.63, 3.8) is 0 Å². The number of carbonyl (C=O) groups is 1. The van der Waals surface area contributed by atoms with Crippen molar-refractivity contribution >= 4 is 5.97 Å². The first-order valence-corrected chi connectivity index (χ1v) is 7.33. The molecule has 3 aliphatic rings. The van der Waals surface area contributed by atoms with Crippen LogP contribution in [0.25, 0.3) is 0 Å². The third-order valence-corrected chi connectivity index (χ3v) is 4.73. The molecule has 2 N–H and O–H groups in total. The van der Waals surface area contributed by atoms with Crippen LogP contribution < -0.4 is 0 Å². The summed E-state index contributed by atoms with van der Waals surface area (Å²) >= 11 is 0. The summed E-state index contributed by atoms with van der Waals surface area (Å²) in [4.78, 5) is 11.7. The Hall–Kier alpha value is -0.690. The minimum Gasteiger partial charge on any atom is -0.467 e. The number of hydrogen-bond acceptors (Lipinski definition) is 6. The van der Waals surface area contributed by atoms with E-state index < -0.39 is 35.7 Å². The number of fused-ring (bicyclic) bond motifs is 1. The molecule has 2 aliphatic carbocycles. The van der Waals surface area contributed by atoms with E-state index in [1.54, 1.807) is 0 Å². The minimum absolute atomic E-state index is 0.0692. The predicted octanol–water partition coefficient (Wildman–Crippen LogP) is 0.490. The van der Waals surface area contributed by atoms with E-state index in [1.165, 1.54) is 13.5 Å². The van der Waals surface area contributed by atoms with Crippen molar-refractivity contribution in [2.24, 2.45) is 0 Å². The molecule has 1 aliphatic heterocycles. The van der Waals surface area contributed by atoms with Gasteiger partial charge in [-0.3, -0.25) is 0 Å². The number of aliphatic hydroxyl groups is 2. The van der Waals surface area contributed by atoms with Crippen LogP contribution in [-0.2, 0) is 19.0 Å². The second kappa shape index (κ2) is 4.94. The van der Waals surface area contributed by atoms with E-state index in [0.717, 1.165) is 25.7 Å². The quantitative estimate of drug-likeness (QED) is 0.682. The third-order valence-electron chi connectivity index (χ3n) is 4.73. The molecule has 4 atom stereocenters. The number of methoxy groups -OCH3 is 1. The number of carbonyl (C=O) groups excluding carboxylic acids is 1. The summed E-state index contributed by atoms with van der Waals surface area (Å²) in [5.41, 5.74) is -1.68. The fourth-order valence-corrected chi connectivity index (χ4v) is 3.74. The molecule has 1 spiro atoms. The van der Waals surface area contributed by atoms with Gasteiger partial charge in [-0.25, -0.2) is 4.79 Å². The summed E-state index contributed by atoms with van der Waals surface area (Å²) in [5.74, 6) is -1.35. The molecule has 0 aromatic heterocycles. The zero-order chi connectivity index (χ0) is 14.4. The van der Waals surface area contributed by atoms with Gasteiger partial charge in [0, 0.05) is 25.7 Å². The number of hydrogen-bond donors (Lipinski definition) is 2. The average Bonchev–Trinajstić information content (AvgIpc) is 2.76. The fourth-order valence-electron chi connectivity index (χ4n) is 3.74. The Morgan fingerprint density at radius 1 is 1.20 bits per heavy atom. The molecule has 3 rings (SSSR count). The summed E-state index contributed by atoms with van der Waals surface area (Å²) in [5, 5.41) is 20.6. The van der Waals surface area contributed by atoms with E-state index >= 15 is 0 Å². The van der Waals surface area contributed by atoms with E-state index in [-0.39, 0.29) is 12.8 Å². The lowest BCUT2D eigenvalue weighted by atomic mass is 9.80. The minimum atomic E-state index is -1.68. The fraction of sp³-hybridized carbons (Fsp3) is 0.929. The van der Waals surface area contributed by atoms with Crippen LogP contribution in [-0.4, -0.2) is 53.0 Å². The van der Waals surface area contributed by atoms with Gasteiger partial charge < -0.3 is 24.4 Å². The lowest BCUT2D eigenvalue weighted by Crippen LogP contribution is -2.55. The highest BCUT2D eigenvalue weighted by Crippen LogP contribution is 2.46. The largest absolute Gasteiger partial charge is 0.467 e. The van der Waals surface area contributed by atoms with Crippen molar-refractivity contribution in [1.82, 2.24) is 0 Å². The highest BCUT2D eigenvalue weighted by molar-refractivity contribution is 5.79. The lowest BCUT2D eigenvalue weighted by molar-refractivity contribution is -0.198. The van der Waals surface area contributed by atoms with Crippen LogP contribution in [0.4, 0.5) is 0 Å². The predicted molar refractivity (Wildman–Crippen MR) is 67.8 cm³/mol. The molecule has 0 aromatic rings. The van der Waals surface area contributed by atoms with Crippen LogP contribution in [0.15, 0.2) is 0 Å². The van der Waals surface area contributed by atoms with Crippen molar-refractivity contribution in [1.29, 1.82) is 0 Å². The van der Waals surface area contributed by atoms with Crippen molar-refractivity contribution in [2.75, 3.05) is 7.11 Å². The van der Waals surface area contributed by atoms with Crippen LogP contribution in [0, 0.1) is 0 Å². The number of ether oxygens (including phenoxy) is 3. The maximum atomic E-state index is 11.7. The Kier molecular flexibility index (Phi) is 3.52. The van der Waals surface area contributed by atoms with E-state index in [1.807, 2.05) is 0 Å². The molecule has 0 amide bonds. The van der Waals surface area contributed by atoms with Gasteiger partial charge >= 0.3 is 5.97 Å². The molecule has 6 heteroatoms. The summed E-state index contributed by atoms with van der Waals surface area (Å²) in [6.07, 6.45) is 3.07. The first-order valence-electron chi connectivity index (χ1n) is 7.33. The molecule has 6 nitrogen and oxygen atoms in total. The maximum Gasteiger partial charge on any atom is 0.338 e. The molecule has 1 heterocycles. The number of rotatable bonds is 1. The molecule has 0 radical (unpaired) electrons. The summed E-state index contributed by atoms with van der Waals surface area (Å²) < 4.78 is 16.6. The molecule has 0 bridgehead atoms. The SMILES string of the molecule is COC(=O)C1(O)CC(O)C2OC3(CCCCC3)OC2C1. The monoisotopic (exact) mass is 286 g/mol. The zero-order valence-electron chi connectivity index (χ0n) is 11.7. The van der Waals surface area contributed by atoms with Crippen molar-refractivity contribution in [3.8, 4) is 0 Å². The molecule has 20 heavy (non-hydrogen) atoms. The van der Waals surface area contributed by atoms with Crippen molar-refractivity contribution in [3.05, 3.63) is 0 Å². The smallest absolute Gasteiger partial charge is 0.338 e. The van der Waals surface area contributed by atoms with Gasteiger partial charge in [-0.05, 0) is 12.8 Å². The number of esters is 1. The third kappa shape index (κ3) is 2.24. The Morgan fingerprint density at radius 2 is 1.90 bits per heavy atom. The van der Waals surface area contributed by atoms with Crippen molar-refractivity contribution in [2.45, 2.75) is 74.6 Å². The summed E-state index contributed by atoms with van der Waals surface area (Å²) in [6.45, 7) is 0. The molecule has 0 aromatic carbocycles. The summed E-state index contributed by atoms with van der Waals surface area (Å²) in [7, 11) is 1.23. The first-order chi connectivity index (χ1) is 9.48. The van der Waals surface area contributed by atoms with Gasteiger partial charge in [0.05, 0.1) is 19.3 Å². The molecular weight excluding hydrogens is 264 g/mol. The summed E-state index contributed by atoms with van der Waals surface area (Å²) in [6, 6.07) is 0. The van der Waals surface area contributed by atoms with Crippen LogP contribution in [0.3, 0.4) is 0 Å². The van der Waals surface area contributed by atoms with E-state index in [9.17, 15) is 15.0 Å². The molecule has 2 saturated carbocycles. The lowest BCUT2D eigenvalue weighted by Gasteiger charge is -2.37. The zero-order valence-corrected chi connectivity index (χ0v) is 11.7. The second-order valence-corrected chi connectivity index (χ2v) is 6.21. The first kappa shape index (κ1) is 14.3. The normalized spacial score (nSPS) is 43.2. The van der Waals surface area contributed by atoms with Gasteiger partial charge in [0.2, 0.25) is 0 Å².